The first-order valence-electron chi connectivity index (χ1n) is 16.1. The van der Waals surface area contributed by atoms with Crippen molar-refractivity contribution in [3.8, 4) is 5.75 Å². The van der Waals surface area contributed by atoms with Crippen molar-refractivity contribution in [1.29, 1.82) is 0 Å². The van der Waals surface area contributed by atoms with Crippen LogP contribution in [-0.4, -0.2) is 75.1 Å². The topological polar surface area (TPSA) is 115 Å². The van der Waals surface area contributed by atoms with E-state index < -0.39 is 23.9 Å². The monoisotopic (exact) mass is 659 g/mol. The summed E-state index contributed by atoms with van der Waals surface area (Å²) >= 11 is 6.33. The smallest absolute Gasteiger partial charge is 0.410 e. The number of likely N-dealkylation sites (N-methyl/N-ethyl adjacent to an activating group) is 1. The van der Waals surface area contributed by atoms with Crippen molar-refractivity contribution in [2.45, 2.75) is 84.0 Å². The minimum atomic E-state index is -0.628. The zero-order chi connectivity index (χ0) is 33.7. The summed E-state index contributed by atoms with van der Waals surface area (Å²) in [5.74, 6) is 0.696. The molecule has 1 saturated carbocycles. The third-order valence-electron chi connectivity index (χ3n) is 7.86. The highest BCUT2D eigenvalue weighted by atomic mass is 35.5. The number of methoxy groups -OCH3 is 1. The van der Waals surface area contributed by atoms with E-state index in [1.54, 1.807) is 36.2 Å². The summed E-state index contributed by atoms with van der Waals surface area (Å²) in [5, 5.41) is 6.22. The number of ether oxygens (including phenoxy) is 4. The Kier molecular flexibility index (Phi) is 14.5. The van der Waals surface area contributed by atoms with E-state index in [2.05, 4.69) is 15.4 Å². The first-order valence-corrected chi connectivity index (χ1v) is 16.5. The minimum absolute atomic E-state index is 0.173. The summed E-state index contributed by atoms with van der Waals surface area (Å²) in [6, 6.07) is 12.4. The Morgan fingerprint density at radius 3 is 2.41 bits per heavy atom. The van der Waals surface area contributed by atoms with Crippen LogP contribution in [0.5, 0.6) is 5.75 Å². The minimum Gasteiger partial charge on any atom is -0.494 e. The second-order valence-electron chi connectivity index (χ2n) is 12.6. The molecule has 46 heavy (non-hydrogen) atoms. The fourth-order valence-electron chi connectivity index (χ4n) is 5.59. The molecule has 1 fully saturated rings. The van der Waals surface area contributed by atoms with Crippen LogP contribution >= 0.6 is 11.6 Å². The number of halogens is 1. The van der Waals surface area contributed by atoms with Crippen molar-refractivity contribution >= 4 is 29.7 Å². The molecule has 0 radical (unpaired) electrons. The molecule has 0 aliphatic heterocycles. The van der Waals surface area contributed by atoms with E-state index in [4.69, 9.17) is 25.8 Å². The van der Waals surface area contributed by atoms with E-state index in [1.165, 1.54) is 26.4 Å². The zero-order valence-electron chi connectivity index (χ0n) is 28.0. The van der Waals surface area contributed by atoms with E-state index >= 15 is 0 Å². The molecule has 2 aromatic carbocycles. The highest BCUT2D eigenvalue weighted by Crippen LogP contribution is 2.32. The largest absolute Gasteiger partial charge is 0.494 e. The summed E-state index contributed by atoms with van der Waals surface area (Å²) in [6.45, 7) is 8.47. The van der Waals surface area contributed by atoms with Gasteiger partial charge in [-0.2, -0.15) is 0 Å². The van der Waals surface area contributed by atoms with Gasteiger partial charge >= 0.3 is 12.2 Å². The quantitative estimate of drug-likeness (QED) is 0.207. The standard InChI is InChI=1S/C35H50ClN3O7/c1-7-44-30-21-26(31(25-14-11-15-28(36)20-25)45-17-16-37-33(41)43-6)19-27(22-30)32(40)38-23-29(18-24-12-9-8-10-13-24)39(5)34(42)46-35(2,3)4/h11,14-15,19-22,24,29,31H,7-10,12-13,16-18,23H2,1-6H3,(H,37,41)(H,38,40). The average Bonchev–Trinajstić information content (AvgIpc) is 3.02. The second-order valence-corrected chi connectivity index (χ2v) is 13.1. The Morgan fingerprint density at radius 1 is 1.02 bits per heavy atom. The first-order chi connectivity index (χ1) is 21.9. The lowest BCUT2D eigenvalue weighted by Gasteiger charge is -2.34. The van der Waals surface area contributed by atoms with Crippen LogP contribution in [0.25, 0.3) is 0 Å². The maximum absolute atomic E-state index is 13.7. The number of nitrogens with one attached hydrogen (secondary N) is 2. The molecule has 254 valence electrons. The predicted octanol–water partition coefficient (Wildman–Crippen LogP) is 7.14. The summed E-state index contributed by atoms with van der Waals surface area (Å²) in [5.41, 5.74) is 1.22. The number of amides is 3. The molecule has 0 heterocycles. The highest BCUT2D eigenvalue weighted by molar-refractivity contribution is 6.30. The number of carbonyl (C=O) groups excluding carboxylic acids is 3. The molecule has 3 rings (SSSR count). The number of alkyl carbamates (subject to hydrolysis) is 1. The van der Waals surface area contributed by atoms with Crippen molar-refractivity contribution in [2.24, 2.45) is 5.92 Å². The Balaban J connectivity index is 1.86. The van der Waals surface area contributed by atoms with Gasteiger partial charge in [0.15, 0.2) is 0 Å². The van der Waals surface area contributed by atoms with Gasteiger partial charge in [-0.25, -0.2) is 9.59 Å². The summed E-state index contributed by atoms with van der Waals surface area (Å²) < 4.78 is 22.4. The summed E-state index contributed by atoms with van der Waals surface area (Å²) in [6.07, 6.45) is 5.04. The fraction of sp³-hybridized carbons (Fsp3) is 0.571. The van der Waals surface area contributed by atoms with Gasteiger partial charge in [0.25, 0.3) is 5.91 Å². The molecule has 0 aromatic heterocycles. The lowest BCUT2D eigenvalue weighted by Crippen LogP contribution is -2.47. The van der Waals surface area contributed by atoms with Gasteiger partial charge in [0.05, 0.1) is 26.4 Å². The van der Waals surface area contributed by atoms with E-state index in [0.717, 1.165) is 24.8 Å². The van der Waals surface area contributed by atoms with Gasteiger partial charge in [-0.3, -0.25) is 4.79 Å². The van der Waals surface area contributed by atoms with Crippen LogP contribution in [0.3, 0.4) is 0 Å². The highest BCUT2D eigenvalue weighted by Gasteiger charge is 2.29. The average molecular weight is 660 g/mol. The Morgan fingerprint density at radius 2 is 1.76 bits per heavy atom. The van der Waals surface area contributed by atoms with Gasteiger partial charge in [0.2, 0.25) is 0 Å². The van der Waals surface area contributed by atoms with E-state index in [9.17, 15) is 14.4 Å². The molecule has 2 aromatic rings. The Hall–Kier alpha value is -3.50. The van der Waals surface area contributed by atoms with E-state index in [1.807, 2.05) is 45.9 Å². The summed E-state index contributed by atoms with van der Waals surface area (Å²) in [4.78, 5) is 39.9. The molecule has 11 heteroatoms. The molecular weight excluding hydrogens is 610 g/mol. The van der Waals surface area contributed by atoms with E-state index in [-0.39, 0.29) is 31.6 Å². The summed E-state index contributed by atoms with van der Waals surface area (Å²) in [7, 11) is 3.04. The molecule has 3 amide bonds. The van der Waals surface area contributed by atoms with Crippen LogP contribution < -0.4 is 15.4 Å². The lowest BCUT2D eigenvalue weighted by molar-refractivity contribution is 0.0193. The van der Waals surface area contributed by atoms with Gasteiger partial charge < -0.3 is 34.5 Å². The first kappa shape index (κ1) is 37.0. The molecule has 10 nitrogen and oxygen atoms in total. The van der Waals surface area contributed by atoms with Crippen LogP contribution in [0.15, 0.2) is 42.5 Å². The van der Waals surface area contributed by atoms with Gasteiger partial charge in [-0.15, -0.1) is 0 Å². The van der Waals surface area contributed by atoms with Gasteiger partial charge in [-0.1, -0.05) is 55.8 Å². The number of hydrogen-bond donors (Lipinski definition) is 2. The molecule has 2 atom stereocenters. The normalized spacial score (nSPS) is 14.9. The van der Waals surface area contributed by atoms with Gasteiger partial charge in [0.1, 0.15) is 17.5 Å². The number of rotatable bonds is 14. The Labute approximate surface area is 278 Å². The fourth-order valence-corrected chi connectivity index (χ4v) is 5.79. The number of hydrogen-bond acceptors (Lipinski definition) is 7. The number of benzene rings is 2. The van der Waals surface area contributed by atoms with Crippen LogP contribution in [-0.2, 0) is 14.2 Å². The molecule has 0 spiro atoms. The number of carbonyl (C=O) groups is 3. The third-order valence-corrected chi connectivity index (χ3v) is 8.09. The predicted molar refractivity (Wildman–Crippen MR) is 179 cm³/mol. The van der Waals surface area contributed by atoms with Crippen LogP contribution in [0.4, 0.5) is 9.59 Å². The molecule has 1 aliphatic rings. The van der Waals surface area contributed by atoms with Gasteiger partial charge in [0, 0.05) is 30.7 Å². The van der Waals surface area contributed by atoms with Crippen molar-refractivity contribution in [2.75, 3.05) is 40.5 Å². The molecular formula is C35H50ClN3O7. The molecule has 0 saturated heterocycles. The van der Waals surface area contributed by atoms with Crippen molar-refractivity contribution < 1.29 is 33.3 Å². The zero-order valence-corrected chi connectivity index (χ0v) is 28.8. The van der Waals surface area contributed by atoms with Crippen LogP contribution in [0.1, 0.15) is 93.8 Å². The third kappa shape index (κ3) is 12.0. The van der Waals surface area contributed by atoms with Crippen molar-refractivity contribution in [1.82, 2.24) is 15.5 Å². The molecule has 1 aliphatic carbocycles. The Bertz CT molecular complexity index is 1290. The number of nitrogens with zero attached hydrogens (tertiary/aromatic N) is 1. The molecule has 2 N–H and O–H groups in total. The molecule has 0 bridgehead atoms. The molecule has 2 unspecified atom stereocenters. The second kappa shape index (κ2) is 18.0. The van der Waals surface area contributed by atoms with Crippen LogP contribution in [0.2, 0.25) is 5.02 Å². The maximum Gasteiger partial charge on any atom is 0.410 e. The van der Waals surface area contributed by atoms with Gasteiger partial charge in [-0.05, 0) is 81.5 Å². The SMILES string of the molecule is CCOc1cc(C(=O)NCC(CC2CCCCC2)N(C)C(=O)OC(C)(C)C)cc(C(OCCNC(=O)OC)c2cccc(Cl)c2)c1. The lowest BCUT2D eigenvalue weighted by atomic mass is 9.84. The van der Waals surface area contributed by atoms with Crippen LogP contribution in [0, 0.1) is 5.92 Å². The maximum atomic E-state index is 13.7. The van der Waals surface area contributed by atoms with Crippen molar-refractivity contribution in [3.63, 3.8) is 0 Å². The van der Waals surface area contributed by atoms with E-state index in [0.29, 0.717) is 34.4 Å². The van der Waals surface area contributed by atoms with Crippen molar-refractivity contribution in [3.05, 3.63) is 64.2 Å².